The third kappa shape index (κ3) is 3.62. The van der Waals surface area contributed by atoms with Crippen LogP contribution in [0.1, 0.15) is 25.0 Å². The Bertz CT molecular complexity index is 686. The van der Waals surface area contributed by atoms with E-state index in [4.69, 9.17) is 0 Å². The van der Waals surface area contributed by atoms with Crippen molar-refractivity contribution in [1.82, 2.24) is 0 Å². The highest BCUT2D eigenvalue weighted by atomic mass is 32.2. The largest absolute Gasteiger partial charge is 0.507 e. The van der Waals surface area contributed by atoms with E-state index in [1.165, 1.54) is 0 Å². The quantitative estimate of drug-likeness (QED) is 0.675. The van der Waals surface area contributed by atoms with Gasteiger partial charge < -0.3 is 10.2 Å². The van der Waals surface area contributed by atoms with Crippen LogP contribution in [-0.2, 0) is 5.41 Å². The Morgan fingerprint density at radius 2 is 1.22 bits per heavy atom. The van der Waals surface area contributed by atoms with Crippen molar-refractivity contribution in [1.29, 1.82) is 0 Å². The number of phenols is 2. The molecule has 0 spiro atoms. The van der Waals surface area contributed by atoms with Gasteiger partial charge in [0, 0.05) is 10.3 Å². The number of hydrogen-bond donors (Lipinski definition) is 2. The standard InChI is InChI=1S/C18H22O2S3/c1-18(2,11-6-7-13(19)14(8-11)21-3)12-9-15(22-4)17(20)16(10-12)23-5/h6-10,19-20H,1-5H3. The fraction of sp³-hybridized carbons (Fsp3) is 0.333. The molecule has 0 fully saturated rings. The first-order valence-electron chi connectivity index (χ1n) is 7.18. The first-order chi connectivity index (χ1) is 10.8. The predicted molar refractivity (Wildman–Crippen MR) is 104 cm³/mol. The normalized spacial score (nSPS) is 11.7. The molecular formula is C18H22O2S3. The molecule has 0 amide bonds. The monoisotopic (exact) mass is 366 g/mol. The minimum Gasteiger partial charge on any atom is -0.507 e. The van der Waals surface area contributed by atoms with Crippen molar-refractivity contribution in [2.24, 2.45) is 0 Å². The van der Waals surface area contributed by atoms with Crippen LogP contribution < -0.4 is 0 Å². The van der Waals surface area contributed by atoms with Crippen LogP contribution in [0.5, 0.6) is 11.5 Å². The van der Waals surface area contributed by atoms with Gasteiger partial charge in [0.2, 0.25) is 0 Å². The molecule has 0 unspecified atom stereocenters. The summed E-state index contributed by atoms with van der Waals surface area (Å²) >= 11 is 4.65. The van der Waals surface area contributed by atoms with E-state index in [-0.39, 0.29) is 5.41 Å². The van der Waals surface area contributed by atoms with Crippen molar-refractivity contribution < 1.29 is 10.2 Å². The summed E-state index contributed by atoms with van der Waals surface area (Å²) in [5.41, 5.74) is 2.08. The molecule has 0 saturated heterocycles. The lowest BCUT2D eigenvalue weighted by atomic mass is 9.78. The van der Waals surface area contributed by atoms with Gasteiger partial charge in [-0.25, -0.2) is 0 Å². The van der Waals surface area contributed by atoms with E-state index in [0.717, 1.165) is 25.8 Å². The van der Waals surface area contributed by atoms with E-state index in [1.807, 2.05) is 30.9 Å². The number of aromatic hydroxyl groups is 2. The van der Waals surface area contributed by atoms with E-state index >= 15 is 0 Å². The maximum absolute atomic E-state index is 10.3. The SMILES string of the molecule is CSc1cc(C(C)(C)c2cc(SC)c(O)c(SC)c2)ccc1O. The van der Waals surface area contributed by atoms with Crippen molar-refractivity contribution in [3.8, 4) is 11.5 Å². The average molecular weight is 367 g/mol. The van der Waals surface area contributed by atoms with Gasteiger partial charge >= 0.3 is 0 Å². The number of phenolic OH excluding ortho intramolecular Hbond substituents is 2. The molecule has 0 aliphatic heterocycles. The molecule has 2 aromatic rings. The van der Waals surface area contributed by atoms with Crippen molar-refractivity contribution in [3.05, 3.63) is 41.5 Å². The molecule has 0 heterocycles. The molecule has 2 aromatic carbocycles. The molecule has 0 atom stereocenters. The summed E-state index contributed by atoms with van der Waals surface area (Å²) in [5.74, 6) is 0.678. The van der Waals surface area contributed by atoms with Crippen molar-refractivity contribution in [3.63, 3.8) is 0 Å². The second kappa shape index (κ2) is 7.32. The summed E-state index contributed by atoms with van der Waals surface area (Å²) in [5, 5.41) is 20.2. The maximum atomic E-state index is 10.3. The van der Waals surface area contributed by atoms with Crippen molar-refractivity contribution in [2.75, 3.05) is 18.8 Å². The second-order valence-electron chi connectivity index (χ2n) is 5.74. The topological polar surface area (TPSA) is 40.5 Å². The molecule has 0 saturated carbocycles. The van der Waals surface area contributed by atoms with Gasteiger partial charge in [-0.3, -0.25) is 0 Å². The summed E-state index contributed by atoms with van der Waals surface area (Å²) < 4.78 is 0. The van der Waals surface area contributed by atoms with Gasteiger partial charge in [0.15, 0.2) is 0 Å². The number of benzene rings is 2. The minimum atomic E-state index is -0.221. The Balaban J connectivity index is 2.59. The Kier molecular flexibility index (Phi) is 5.87. The molecule has 2 N–H and O–H groups in total. The predicted octanol–water partition coefficient (Wildman–Crippen LogP) is 5.59. The summed E-state index contributed by atoms with van der Waals surface area (Å²) in [6, 6.07) is 9.90. The summed E-state index contributed by atoms with van der Waals surface area (Å²) in [4.78, 5) is 2.66. The molecule has 0 bridgehead atoms. The zero-order chi connectivity index (χ0) is 17.2. The zero-order valence-corrected chi connectivity index (χ0v) is 16.5. The van der Waals surface area contributed by atoms with Crippen LogP contribution in [0.2, 0.25) is 0 Å². The van der Waals surface area contributed by atoms with Crippen LogP contribution in [0.3, 0.4) is 0 Å². The first kappa shape index (κ1) is 18.4. The van der Waals surface area contributed by atoms with Crippen LogP contribution >= 0.6 is 35.3 Å². The Morgan fingerprint density at radius 1 is 0.739 bits per heavy atom. The average Bonchev–Trinajstić information content (AvgIpc) is 2.55. The van der Waals surface area contributed by atoms with Crippen molar-refractivity contribution >= 4 is 35.3 Å². The van der Waals surface area contributed by atoms with Crippen LogP contribution in [0.4, 0.5) is 0 Å². The highest BCUT2D eigenvalue weighted by Crippen LogP contribution is 2.42. The third-order valence-electron chi connectivity index (χ3n) is 4.10. The molecule has 124 valence electrons. The van der Waals surface area contributed by atoms with Crippen LogP contribution in [0, 0.1) is 0 Å². The first-order valence-corrected chi connectivity index (χ1v) is 10.9. The molecule has 0 aliphatic carbocycles. The molecular weight excluding hydrogens is 344 g/mol. The molecule has 0 aliphatic rings. The fourth-order valence-electron chi connectivity index (χ4n) is 2.49. The van der Waals surface area contributed by atoms with E-state index in [9.17, 15) is 10.2 Å². The summed E-state index contributed by atoms with van der Waals surface area (Å²) in [6.45, 7) is 4.34. The van der Waals surface area contributed by atoms with Crippen LogP contribution in [0.15, 0.2) is 45.0 Å². The third-order valence-corrected chi connectivity index (χ3v) is 6.37. The highest BCUT2D eigenvalue weighted by Gasteiger charge is 2.26. The van der Waals surface area contributed by atoms with E-state index in [0.29, 0.717) is 11.5 Å². The zero-order valence-electron chi connectivity index (χ0n) is 14.0. The highest BCUT2D eigenvalue weighted by molar-refractivity contribution is 7.99. The van der Waals surface area contributed by atoms with Crippen LogP contribution in [0.25, 0.3) is 0 Å². The van der Waals surface area contributed by atoms with Gasteiger partial charge in [-0.2, -0.15) is 0 Å². The van der Waals surface area contributed by atoms with Gasteiger partial charge in [0.05, 0.1) is 9.79 Å². The lowest BCUT2D eigenvalue weighted by molar-refractivity contribution is 0.447. The van der Waals surface area contributed by atoms with Gasteiger partial charge in [-0.15, -0.1) is 35.3 Å². The van der Waals surface area contributed by atoms with Gasteiger partial charge in [0.1, 0.15) is 11.5 Å². The summed E-state index contributed by atoms with van der Waals surface area (Å²) in [6.07, 6.45) is 5.91. The number of hydrogen-bond acceptors (Lipinski definition) is 5. The van der Waals surface area contributed by atoms with Gasteiger partial charge in [-0.05, 0) is 54.2 Å². The Hall–Kier alpha value is -0.910. The van der Waals surface area contributed by atoms with Gasteiger partial charge in [-0.1, -0.05) is 19.9 Å². The Morgan fingerprint density at radius 3 is 1.70 bits per heavy atom. The van der Waals surface area contributed by atoms with Crippen LogP contribution in [-0.4, -0.2) is 29.0 Å². The lowest BCUT2D eigenvalue weighted by Gasteiger charge is -2.28. The van der Waals surface area contributed by atoms with E-state index in [2.05, 4.69) is 26.0 Å². The van der Waals surface area contributed by atoms with E-state index < -0.39 is 0 Å². The lowest BCUT2D eigenvalue weighted by Crippen LogP contribution is -2.19. The smallest absolute Gasteiger partial charge is 0.142 e. The molecule has 5 heteroatoms. The minimum absolute atomic E-state index is 0.221. The van der Waals surface area contributed by atoms with Gasteiger partial charge in [0.25, 0.3) is 0 Å². The molecule has 2 rings (SSSR count). The molecule has 0 radical (unpaired) electrons. The van der Waals surface area contributed by atoms with Crippen molar-refractivity contribution in [2.45, 2.75) is 33.9 Å². The number of rotatable bonds is 5. The fourth-order valence-corrected chi connectivity index (χ4v) is 4.17. The maximum Gasteiger partial charge on any atom is 0.142 e. The number of thioether (sulfide) groups is 3. The van der Waals surface area contributed by atoms with E-state index in [1.54, 1.807) is 41.4 Å². The molecule has 2 nitrogen and oxygen atoms in total. The molecule has 0 aromatic heterocycles. The molecule has 23 heavy (non-hydrogen) atoms. The second-order valence-corrected chi connectivity index (χ2v) is 8.29. The summed E-state index contributed by atoms with van der Waals surface area (Å²) in [7, 11) is 0. The Labute approximate surface area is 151 Å².